The third kappa shape index (κ3) is 2.77. The van der Waals surface area contributed by atoms with E-state index in [-0.39, 0.29) is 5.88 Å². The Kier molecular flexibility index (Phi) is 4.15. The molecule has 3 nitrogen and oxygen atoms in total. The second-order valence-electron chi connectivity index (χ2n) is 4.37. The van der Waals surface area contributed by atoms with Gasteiger partial charge in [-0.2, -0.15) is 0 Å². The predicted molar refractivity (Wildman–Crippen MR) is 86.4 cm³/mol. The van der Waals surface area contributed by atoms with Crippen molar-refractivity contribution < 1.29 is 0 Å². The van der Waals surface area contributed by atoms with Crippen LogP contribution in [0.15, 0.2) is 48.5 Å². The molecule has 0 spiro atoms. The number of rotatable bonds is 3. The lowest BCUT2D eigenvalue weighted by Crippen LogP contribution is -2.01. The summed E-state index contributed by atoms with van der Waals surface area (Å²) >= 11 is 18.0. The van der Waals surface area contributed by atoms with Crippen LogP contribution in [0.4, 0.5) is 0 Å². The standard InChI is InChI=1S/C15H10Cl3N3/c16-9-14-19-20-15(10-6-7-12(17)13(18)8-10)21(14)11-4-2-1-3-5-11/h1-8H,9H2. The first-order chi connectivity index (χ1) is 10.2. The van der Waals surface area contributed by atoms with Crippen LogP contribution in [0, 0.1) is 0 Å². The largest absolute Gasteiger partial charge is 0.278 e. The van der Waals surface area contributed by atoms with Crippen molar-refractivity contribution >= 4 is 34.8 Å². The molecule has 21 heavy (non-hydrogen) atoms. The molecule has 0 saturated heterocycles. The smallest absolute Gasteiger partial charge is 0.168 e. The van der Waals surface area contributed by atoms with Crippen molar-refractivity contribution in [2.75, 3.05) is 0 Å². The van der Waals surface area contributed by atoms with Gasteiger partial charge in [0.05, 0.1) is 15.9 Å². The molecule has 0 aliphatic heterocycles. The molecule has 0 aliphatic rings. The average molecular weight is 339 g/mol. The number of halogens is 3. The van der Waals surface area contributed by atoms with Crippen molar-refractivity contribution in [1.29, 1.82) is 0 Å². The van der Waals surface area contributed by atoms with E-state index in [1.54, 1.807) is 12.1 Å². The molecule has 0 saturated carbocycles. The maximum absolute atomic E-state index is 6.09. The SMILES string of the molecule is ClCc1nnc(-c2ccc(Cl)c(Cl)c2)n1-c1ccccc1. The zero-order valence-corrected chi connectivity index (χ0v) is 13.1. The third-order valence-electron chi connectivity index (χ3n) is 3.04. The van der Waals surface area contributed by atoms with Crippen molar-refractivity contribution in [2.45, 2.75) is 5.88 Å². The molecule has 106 valence electrons. The summed E-state index contributed by atoms with van der Waals surface area (Å²) in [6, 6.07) is 15.2. The normalized spacial score (nSPS) is 10.8. The molecular formula is C15H10Cl3N3. The summed E-state index contributed by atoms with van der Waals surface area (Å²) in [7, 11) is 0. The van der Waals surface area contributed by atoms with Gasteiger partial charge >= 0.3 is 0 Å². The Balaban J connectivity index is 2.20. The molecular weight excluding hydrogens is 329 g/mol. The van der Waals surface area contributed by atoms with E-state index < -0.39 is 0 Å². The number of alkyl halides is 1. The zero-order chi connectivity index (χ0) is 14.8. The van der Waals surface area contributed by atoms with Gasteiger partial charge in [-0.1, -0.05) is 41.4 Å². The highest BCUT2D eigenvalue weighted by molar-refractivity contribution is 6.42. The van der Waals surface area contributed by atoms with Gasteiger partial charge in [0.15, 0.2) is 11.6 Å². The third-order valence-corrected chi connectivity index (χ3v) is 4.02. The van der Waals surface area contributed by atoms with Gasteiger partial charge in [0.2, 0.25) is 0 Å². The number of hydrogen-bond donors (Lipinski definition) is 0. The molecule has 3 aromatic rings. The predicted octanol–water partition coefficient (Wildman–Crippen LogP) is 4.98. The minimum atomic E-state index is 0.267. The highest BCUT2D eigenvalue weighted by Crippen LogP contribution is 2.29. The van der Waals surface area contributed by atoms with Crippen molar-refractivity contribution in [3.8, 4) is 17.1 Å². The minimum Gasteiger partial charge on any atom is -0.278 e. The van der Waals surface area contributed by atoms with Crippen LogP contribution in [0.2, 0.25) is 10.0 Å². The molecule has 3 rings (SSSR count). The Labute approximate surface area is 137 Å². The molecule has 0 unspecified atom stereocenters. The molecule has 0 N–H and O–H groups in total. The first kappa shape index (κ1) is 14.4. The van der Waals surface area contributed by atoms with E-state index in [4.69, 9.17) is 34.8 Å². The van der Waals surface area contributed by atoms with E-state index in [1.165, 1.54) is 0 Å². The summed E-state index contributed by atoms with van der Waals surface area (Å²) in [5, 5.41) is 9.36. The lowest BCUT2D eigenvalue weighted by atomic mass is 10.2. The van der Waals surface area contributed by atoms with E-state index in [9.17, 15) is 0 Å². The van der Waals surface area contributed by atoms with Gasteiger partial charge in [-0.3, -0.25) is 4.57 Å². The summed E-state index contributed by atoms with van der Waals surface area (Å²) in [5.74, 6) is 1.61. The van der Waals surface area contributed by atoms with E-state index in [0.717, 1.165) is 11.3 Å². The summed E-state index contributed by atoms with van der Waals surface area (Å²) in [4.78, 5) is 0. The van der Waals surface area contributed by atoms with E-state index >= 15 is 0 Å². The van der Waals surface area contributed by atoms with Gasteiger partial charge in [-0.05, 0) is 30.3 Å². The van der Waals surface area contributed by atoms with Crippen LogP contribution in [0.5, 0.6) is 0 Å². The zero-order valence-electron chi connectivity index (χ0n) is 10.8. The van der Waals surface area contributed by atoms with Crippen molar-refractivity contribution in [3.63, 3.8) is 0 Å². The summed E-state index contributed by atoms with van der Waals surface area (Å²) in [5.41, 5.74) is 1.77. The second-order valence-corrected chi connectivity index (χ2v) is 5.45. The molecule has 0 atom stereocenters. The van der Waals surface area contributed by atoms with Crippen LogP contribution in [-0.2, 0) is 5.88 Å². The van der Waals surface area contributed by atoms with Crippen molar-refractivity contribution in [2.24, 2.45) is 0 Å². The molecule has 1 heterocycles. The second kappa shape index (κ2) is 6.06. The molecule has 0 amide bonds. The number of nitrogens with zero attached hydrogens (tertiary/aromatic N) is 3. The highest BCUT2D eigenvalue weighted by atomic mass is 35.5. The molecule has 0 aliphatic carbocycles. The number of para-hydroxylation sites is 1. The molecule has 1 aromatic heterocycles. The van der Waals surface area contributed by atoms with Crippen LogP contribution in [-0.4, -0.2) is 14.8 Å². The molecule has 0 radical (unpaired) electrons. The first-order valence-electron chi connectivity index (χ1n) is 6.22. The minimum absolute atomic E-state index is 0.267. The summed E-state index contributed by atoms with van der Waals surface area (Å²) < 4.78 is 1.91. The van der Waals surface area contributed by atoms with Gasteiger partial charge in [0, 0.05) is 11.3 Å². The number of hydrogen-bond acceptors (Lipinski definition) is 2. The monoisotopic (exact) mass is 337 g/mol. The molecule has 2 aromatic carbocycles. The lowest BCUT2D eigenvalue weighted by molar-refractivity contribution is 0.953. The van der Waals surface area contributed by atoms with Crippen molar-refractivity contribution in [1.82, 2.24) is 14.8 Å². The van der Waals surface area contributed by atoms with Crippen molar-refractivity contribution in [3.05, 3.63) is 64.4 Å². The fraction of sp³-hybridized carbons (Fsp3) is 0.0667. The molecule has 6 heteroatoms. The molecule has 0 fully saturated rings. The quantitative estimate of drug-likeness (QED) is 0.631. The van der Waals surface area contributed by atoms with Crippen LogP contribution in [0.3, 0.4) is 0 Å². The first-order valence-corrected chi connectivity index (χ1v) is 7.51. The van der Waals surface area contributed by atoms with Crippen LogP contribution < -0.4 is 0 Å². The maximum atomic E-state index is 6.09. The number of aromatic nitrogens is 3. The van der Waals surface area contributed by atoms with Crippen LogP contribution in [0.1, 0.15) is 5.82 Å². The Morgan fingerprint density at radius 1 is 0.905 bits per heavy atom. The Morgan fingerprint density at radius 3 is 2.33 bits per heavy atom. The Bertz CT molecular complexity index is 769. The van der Waals surface area contributed by atoms with Crippen LogP contribution >= 0.6 is 34.8 Å². The van der Waals surface area contributed by atoms with E-state index in [0.29, 0.717) is 21.7 Å². The number of benzene rings is 2. The Hall–Kier alpha value is -1.55. The molecule has 0 bridgehead atoms. The van der Waals surface area contributed by atoms with Gasteiger partial charge < -0.3 is 0 Å². The summed E-state index contributed by atoms with van der Waals surface area (Å²) in [6.45, 7) is 0. The summed E-state index contributed by atoms with van der Waals surface area (Å²) in [6.07, 6.45) is 0. The lowest BCUT2D eigenvalue weighted by Gasteiger charge is -2.09. The van der Waals surface area contributed by atoms with Gasteiger partial charge in [0.25, 0.3) is 0 Å². The highest BCUT2D eigenvalue weighted by Gasteiger charge is 2.15. The van der Waals surface area contributed by atoms with Crippen LogP contribution in [0.25, 0.3) is 17.1 Å². The maximum Gasteiger partial charge on any atom is 0.168 e. The van der Waals surface area contributed by atoms with Gasteiger partial charge in [0.1, 0.15) is 0 Å². The van der Waals surface area contributed by atoms with E-state index in [1.807, 2.05) is 41.0 Å². The average Bonchev–Trinajstić information content (AvgIpc) is 2.95. The van der Waals surface area contributed by atoms with Gasteiger partial charge in [-0.15, -0.1) is 21.8 Å². The Morgan fingerprint density at radius 2 is 1.67 bits per heavy atom. The fourth-order valence-electron chi connectivity index (χ4n) is 2.07. The fourth-order valence-corrected chi connectivity index (χ4v) is 2.54. The topological polar surface area (TPSA) is 30.7 Å². The van der Waals surface area contributed by atoms with Gasteiger partial charge in [-0.25, -0.2) is 0 Å². The van der Waals surface area contributed by atoms with E-state index in [2.05, 4.69) is 10.2 Å².